The van der Waals surface area contributed by atoms with Crippen molar-refractivity contribution < 1.29 is 4.79 Å². The highest BCUT2D eigenvalue weighted by atomic mass is 79.9. The molecule has 0 radical (unpaired) electrons. The van der Waals surface area contributed by atoms with Gasteiger partial charge in [0.2, 0.25) is 0 Å². The molecule has 1 aromatic heterocycles. The minimum Gasteiger partial charge on any atom is -0.351 e. The van der Waals surface area contributed by atoms with Gasteiger partial charge in [-0.2, -0.15) is 0 Å². The fourth-order valence-corrected chi connectivity index (χ4v) is 2.25. The summed E-state index contributed by atoms with van der Waals surface area (Å²) in [6.07, 6.45) is 0. The predicted octanol–water partition coefficient (Wildman–Crippen LogP) is 2.23. The van der Waals surface area contributed by atoms with Crippen molar-refractivity contribution in [2.75, 3.05) is 13.1 Å². The summed E-state index contributed by atoms with van der Waals surface area (Å²) in [6, 6.07) is 1.81. The van der Waals surface area contributed by atoms with Gasteiger partial charge in [0.15, 0.2) is 0 Å². The maximum Gasteiger partial charge on any atom is 0.261 e. The Morgan fingerprint density at radius 3 is 2.80 bits per heavy atom. The molecule has 0 aliphatic rings. The van der Waals surface area contributed by atoms with Crippen molar-refractivity contribution in [2.45, 2.75) is 13.8 Å². The molecule has 3 N–H and O–H groups in total. The summed E-state index contributed by atoms with van der Waals surface area (Å²) in [5.41, 5.74) is 5.53. The van der Waals surface area contributed by atoms with Crippen LogP contribution in [-0.4, -0.2) is 19.0 Å². The smallest absolute Gasteiger partial charge is 0.261 e. The van der Waals surface area contributed by atoms with E-state index in [0.29, 0.717) is 13.1 Å². The quantitative estimate of drug-likeness (QED) is 0.893. The Morgan fingerprint density at radius 2 is 2.33 bits per heavy atom. The van der Waals surface area contributed by atoms with E-state index in [1.807, 2.05) is 25.3 Å². The molecule has 3 nitrogen and oxygen atoms in total. The number of thiophene rings is 1. The Labute approximate surface area is 102 Å². The van der Waals surface area contributed by atoms with Gasteiger partial charge < -0.3 is 11.1 Å². The third-order valence-corrected chi connectivity index (χ3v) is 3.76. The largest absolute Gasteiger partial charge is 0.351 e. The van der Waals surface area contributed by atoms with Crippen LogP contribution in [0.4, 0.5) is 0 Å². The van der Waals surface area contributed by atoms with E-state index in [1.54, 1.807) is 0 Å². The summed E-state index contributed by atoms with van der Waals surface area (Å²) in [4.78, 5) is 12.4. The topological polar surface area (TPSA) is 55.1 Å². The summed E-state index contributed by atoms with van der Waals surface area (Å²) in [5.74, 6) is -0.0350. The lowest BCUT2D eigenvalue weighted by molar-refractivity contribution is 0.0942. The molecule has 5 heteroatoms. The highest BCUT2D eigenvalue weighted by molar-refractivity contribution is 9.10. The second kappa shape index (κ2) is 5.09. The normalized spacial score (nSPS) is 11.5. The van der Waals surface area contributed by atoms with Crippen LogP contribution in [-0.2, 0) is 0 Å². The van der Waals surface area contributed by atoms with E-state index in [1.165, 1.54) is 11.3 Å². The van der Waals surface area contributed by atoms with E-state index >= 15 is 0 Å². The highest BCUT2D eigenvalue weighted by Gasteiger charge is 2.17. The molecule has 84 valence electrons. The van der Waals surface area contributed by atoms with Gasteiger partial charge in [-0.15, -0.1) is 11.3 Å². The van der Waals surface area contributed by atoms with Crippen molar-refractivity contribution in [2.24, 2.45) is 11.1 Å². The molecular formula is C10H15BrN2OS. The van der Waals surface area contributed by atoms with Crippen molar-refractivity contribution in [1.29, 1.82) is 0 Å². The molecule has 0 saturated carbocycles. The van der Waals surface area contributed by atoms with E-state index in [-0.39, 0.29) is 11.3 Å². The summed E-state index contributed by atoms with van der Waals surface area (Å²) in [5, 5.41) is 4.77. The third-order valence-electron chi connectivity index (χ3n) is 2.07. The SMILES string of the molecule is CC(C)(CN)CNC(=O)c1cc(Br)cs1. The number of nitrogens with two attached hydrogens (primary N) is 1. The van der Waals surface area contributed by atoms with Gasteiger partial charge in [-0.3, -0.25) is 4.79 Å². The Kier molecular flexibility index (Phi) is 4.31. The first-order valence-corrected chi connectivity index (χ1v) is 6.34. The van der Waals surface area contributed by atoms with Crippen molar-refractivity contribution in [3.63, 3.8) is 0 Å². The fraction of sp³-hybridized carbons (Fsp3) is 0.500. The molecule has 0 atom stereocenters. The van der Waals surface area contributed by atoms with Gasteiger partial charge in [0.05, 0.1) is 4.88 Å². The van der Waals surface area contributed by atoms with E-state index in [4.69, 9.17) is 5.73 Å². The summed E-state index contributed by atoms with van der Waals surface area (Å²) in [6.45, 7) is 5.20. The van der Waals surface area contributed by atoms with Gasteiger partial charge in [-0.1, -0.05) is 13.8 Å². The van der Waals surface area contributed by atoms with Crippen LogP contribution in [0.25, 0.3) is 0 Å². The zero-order chi connectivity index (χ0) is 11.5. The van der Waals surface area contributed by atoms with Crippen molar-refractivity contribution >= 4 is 33.2 Å². The minimum atomic E-state index is -0.0514. The van der Waals surface area contributed by atoms with Crippen LogP contribution in [0.15, 0.2) is 15.9 Å². The van der Waals surface area contributed by atoms with Gasteiger partial charge in [0, 0.05) is 16.4 Å². The minimum absolute atomic E-state index is 0.0350. The number of carbonyl (C=O) groups excluding carboxylic acids is 1. The van der Waals surface area contributed by atoms with Crippen LogP contribution in [0.5, 0.6) is 0 Å². The van der Waals surface area contributed by atoms with E-state index < -0.39 is 0 Å². The number of hydrogen-bond acceptors (Lipinski definition) is 3. The number of nitrogens with one attached hydrogen (secondary N) is 1. The maximum atomic E-state index is 11.7. The number of carbonyl (C=O) groups is 1. The number of hydrogen-bond donors (Lipinski definition) is 2. The molecule has 0 unspecified atom stereocenters. The highest BCUT2D eigenvalue weighted by Crippen LogP contribution is 2.20. The van der Waals surface area contributed by atoms with Gasteiger partial charge in [-0.05, 0) is 34.0 Å². The Balaban J connectivity index is 2.50. The molecule has 1 rings (SSSR count). The zero-order valence-electron chi connectivity index (χ0n) is 8.84. The van der Waals surface area contributed by atoms with Crippen LogP contribution in [0.3, 0.4) is 0 Å². The molecule has 0 aliphatic carbocycles. The number of halogens is 1. The third kappa shape index (κ3) is 3.93. The van der Waals surface area contributed by atoms with E-state index in [0.717, 1.165) is 9.35 Å². The molecule has 0 aliphatic heterocycles. The average Bonchev–Trinajstić information content (AvgIpc) is 2.61. The van der Waals surface area contributed by atoms with Crippen molar-refractivity contribution in [3.05, 3.63) is 20.8 Å². The lowest BCUT2D eigenvalue weighted by Gasteiger charge is -2.22. The molecule has 0 spiro atoms. The molecule has 0 fully saturated rings. The van der Waals surface area contributed by atoms with Crippen LogP contribution in [0.2, 0.25) is 0 Å². The van der Waals surface area contributed by atoms with Crippen LogP contribution in [0, 0.1) is 5.41 Å². The van der Waals surface area contributed by atoms with Crippen molar-refractivity contribution in [1.82, 2.24) is 5.32 Å². The number of rotatable bonds is 4. The molecule has 0 saturated heterocycles. The predicted molar refractivity (Wildman–Crippen MR) is 67.2 cm³/mol. The van der Waals surface area contributed by atoms with E-state index in [9.17, 15) is 4.79 Å². The van der Waals surface area contributed by atoms with Crippen LogP contribution < -0.4 is 11.1 Å². The fourth-order valence-electron chi connectivity index (χ4n) is 0.911. The molecule has 0 bridgehead atoms. The molecule has 1 amide bonds. The summed E-state index contributed by atoms with van der Waals surface area (Å²) < 4.78 is 0.940. The second-order valence-electron chi connectivity index (χ2n) is 4.18. The number of amides is 1. The van der Waals surface area contributed by atoms with Gasteiger partial charge in [-0.25, -0.2) is 0 Å². The zero-order valence-corrected chi connectivity index (χ0v) is 11.2. The average molecular weight is 291 g/mol. The lowest BCUT2D eigenvalue weighted by Crippen LogP contribution is -2.38. The first kappa shape index (κ1) is 12.7. The first-order valence-electron chi connectivity index (χ1n) is 4.67. The van der Waals surface area contributed by atoms with Crippen LogP contribution >= 0.6 is 27.3 Å². The Morgan fingerprint density at radius 1 is 1.67 bits per heavy atom. The van der Waals surface area contributed by atoms with Gasteiger partial charge in [0.25, 0.3) is 5.91 Å². The Bertz CT molecular complexity index is 349. The summed E-state index contributed by atoms with van der Waals surface area (Å²) >= 11 is 4.74. The molecule has 0 aromatic carbocycles. The van der Waals surface area contributed by atoms with Crippen molar-refractivity contribution in [3.8, 4) is 0 Å². The van der Waals surface area contributed by atoms with Crippen LogP contribution in [0.1, 0.15) is 23.5 Å². The van der Waals surface area contributed by atoms with E-state index in [2.05, 4.69) is 21.2 Å². The summed E-state index contributed by atoms with van der Waals surface area (Å²) in [7, 11) is 0. The van der Waals surface area contributed by atoms with Gasteiger partial charge >= 0.3 is 0 Å². The molecule has 1 aromatic rings. The monoisotopic (exact) mass is 290 g/mol. The molecule has 1 heterocycles. The maximum absolute atomic E-state index is 11.7. The Hall–Kier alpha value is -0.390. The standard InChI is InChI=1S/C10H15BrN2OS/c1-10(2,5-12)6-13-9(14)8-3-7(11)4-15-8/h3-4H,5-6,12H2,1-2H3,(H,13,14). The lowest BCUT2D eigenvalue weighted by atomic mass is 9.94. The molecular weight excluding hydrogens is 276 g/mol. The molecule has 15 heavy (non-hydrogen) atoms. The van der Waals surface area contributed by atoms with Gasteiger partial charge in [0.1, 0.15) is 0 Å². The first-order chi connectivity index (χ1) is 6.94. The second-order valence-corrected chi connectivity index (χ2v) is 6.01.